The monoisotopic (exact) mass is 519 g/mol. The van der Waals surface area contributed by atoms with Crippen LogP contribution in [0.2, 0.25) is 0 Å². The first kappa shape index (κ1) is 24.5. The van der Waals surface area contributed by atoms with Crippen molar-refractivity contribution in [1.29, 1.82) is 0 Å². The number of carbonyl (C=O) groups excluding carboxylic acids is 2. The Morgan fingerprint density at radius 1 is 1.00 bits per heavy atom. The van der Waals surface area contributed by atoms with Gasteiger partial charge in [-0.15, -0.1) is 0 Å². The normalized spacial score (nSPS) is 15.6. The molecule has 6 rings (SSSR count). The lowest BCUT2D eigenvalue weighted by Crippen LogP contribution is -2.58. The molecule has 1 saturated heterocycles. The van der Waals surface area contributed by atoms with Gasteiger partial charge in [0.1, 0.15) is 18.0 Å². The predicted molar refractivity (Wildman–Crippen MR) is 149 cm³/mol. The van der Waals surface area contributed by atoms with E-state index >= 15 is 0 Å². The minimum atomic E-state index is -0.194. The summed E-state index contributed by atoms with van der Waals surface area (Å²) in [6, 6.07) is 27.3. The molecule has 2 amide bonds. The van der Waals surface area contributed by atoms with Crippen LogP contribution in [0.5, 0.6) is 5.75 Å². The number of aromatic nitrogens is 3. The molecule has 1 fully saturated rings. The average molecular weight is 520 g/mol. The zero-order valence-corrected chi connectivity index (χ0v) is 21.7. The zero-order chi connectivity index (χ0) is 26.8. The number of carbonyl (C=O) groups is 2. The predicted octanol–water partition coefficient (Wildman–Crippen LogP) is 4.46. The molecule has 39 heavy (non-hydrogen) atoms. The van der Waals surface area contributed by atoms with Crippen LogP contribution in [-0.2, 0) is 17.8 Å². The van der Waals surface area contributed by atoms with Crippen LogP contribution in [0.3, 0.4) is 0 Å². The van der Waals surface area contributed by atoms with Crippen molar-refractivity contribution in [2.75, 3.05) is 20.2 Å². The van der Waals surface area contributed by atoms with Crippen LogP contribution in [0.15, 0.2) is 97.3 Å². The molecule has 2 aromatic heterocycles. The molecule has 1 aliphatic heterocycles. The number of piperazine rings is 1. The fourth-order valence-corrected chi connectivity index (χ4v) is 5.31. The fraction of sp³-hybridized carbons (Fsp3) is 0.194. The number of benzene rings is 3. The summed E-state index contributed by atoms with van der Waals surface area (Å²) >= 11 is 0. The van der Waals surface area contributed by atoms with Gasteiger partial charge in [0.05, 0.1) is 18.8 Å². The van der Waals surface area contributed by atoms with E-state index in [2.05, 4.69) is 28.3 Å². The molecule has 0 radical (unpaired) electrons. The maximum Gasteiger partial charge on any atom is 0.270 e. The molecular weight excluding hydrogens is 490 g/mol. The Balaban J connectivity index is 1.27. The third-order valence-electron chi connectivity index (χ3n) is 7.23. The highest BCUT2D eigenvalue weighted by molar-refractivity contribution is 6.01. The number of methoxy groups -OCH3 is 1. The van der Waals surface area contributed by atoms with E-state index in [0.717, 1.165) is 27.7 Å². The number of H-pyrrole nitrogens is 1. The SMILES string of the molecule is COc1cccc2[nH]c(C(=O)N3CC(=O)N(Cc4cccc(-n5cccn5)c4)[C@@H](Cc4ccccc4)C3)cc12. The molecule has 0 saturated carbocycles. The van der Waals surface area contributed by atoms with Gasteiger partial charge in [-0.2, -0.15) is 5.10 Å². The zero-order valence-electron chi connectivity index (χ0n) is 21.7. The Bertz CT molecular complexity index is 1610. The molecule has 0 bridgehead atoms. The van der Waals surface area contributed by atoms with E-state index in [0.29, 0.717) is 31.0 Å². The molecule has 196 valence electrons. The minimum absolute atomic E-state index is 0.0233. The molecule has 1 atom stereocenters. The number of hydrogen-bond acceptors (Lipinski definition) is 4. The summed E-state index contributed by atoms with van der Waals surface area (Å²) in [6.07, 6.45) is 4.29. The van der Waals surface area contributed by atoms with Crippen molar-refractivity contribution in [3.8, 4) is 11.4 Å². The van der Waals surface area contributed by atoms with Crippen LogP contribution >= 0.6 is 0 Å². The summed E-state index contributed by atoms with van der Waals surface area (Å²) in [5, 5.41) is 5.17. The average Bonchev–Trinajstić information content (AvgIpc) is 3.66. The van der Waals surface area contributed by atoms with Crippen LogP contribution in [0, 0.1) is 0 Å². The summed E-state index contributed by atoms with van der Waals surface area (Å²) < 4.78 is 7.26. The van der Waals surface area contributed by atoms with Gasteiger partial charge in [-0.1, -0.05) is 48.5 Å². The first-order valence-corrected chi connectivity index (χ1v) is 13.0. The Morgan fingerprint density at radius 2 is 1.82 bits per heavy atom. The van der Waals surface area contributed by atoms with Crippen LogP contribution in [0.1, 0.15) is 21.6 Å². The summed E-state index contributed by atoms with van der Waals surface area (Å²) in [5.74, 6) is 0.428. The molecule has 8 nitrogen and oxygen atoms in total. The number of rotatable bonds is 7. The second-order valence-corrected chi connectivity index (χ2v) is 9.78. The second-order valence-electron chi connectivity index (χ2n) is 9.78. The summed E-state index contributed by atoms with van der Waals surface area (Å²) in [6.45, 7) is 0.914. The highest BCUT2D eigenvalue weighted by Crippen LogP contribution is 2.27. The van der Waals surface area contributed by atoms with Gasteiger partial charge in [0.25, 0.3) is 5.91 Å². The van der Waals surface area contributed by atoms with E-state index in [-0.39, 0.29) is 24.4 Å². The van der Waals surface area contributed by atoms with Gasteiger partial charge >= 0.3 is 0 Å². The maximum absolute atomic E-state index is 13.6. The topological polar surface area (TPSA) is 83.5 Å². The van der Waals surface area contributed by atoms with Crippen molar-refractivity contribution < 1.29 is 14.3 Å². The van der Waals surface area contributed by atoms with Crippen LogP contribution in [0.25, 0.3) is 16.6 Å². The Labute approximate surface area is 226 Å². The van der Waals surface area contributed by atoms with Gasteiger partial charge in [0.2, 0.25) is 5.91 Å². The van der Waals surface area contributed by atoms with Gasteiger partial charge in [0.15, 0.2) is 0 Å². The quantitative estimate of drug-likeness (QED) is 0.344. The first-order chi connectivity index (χ1) is 19.1. The number of aromatic amines is 1. The second kappa shape index (κ2) is 10.5. The van der Waals surface area contributed by atoms with Gasteiger partial charge in [-0.05, 0) is 53.9 Å². The summed E-state index contributed by atoms with van der Waals surface area (Å²) in [7, 11) is 1.61. The molecule has 0 unspecified atom stereocenters. The van der Waals surface area contributed by atoms with Crippen molar-refractivity contribution >= 4 is 22.7 Å². The van der Waals surface area contributed by atoms with Crippen molar-refractivity contribution in [3.63, 3.8) is 0 Å². The smallest absolute Gasteiger partial charge is 0.270 e. The lowest BCUT2D eigenvalue weighted by atomic mass is 10.0. The maximum atomic E-state index is 13.6. The lowest BCUT2D eigenvalue weighted by Gasteiger charge is -2.41. The first-order valence-electron chi connectivity index (χ1n) is 13.0. The number of fused-ring (bicyclic) bond motifs is 1. The summed E-state index contributed by atoms with van der Waals surface area (Å²) in [5.41, 5.74) is 4.33. The summed E-state index contributed by atoms with van der Waals surface area (Å²) in [4.78, 5) is 34.0. The van der Waals surface area contributed by atoms with Crippen molar-refractivity contribution in [1.82, 2.24) is 24.6 Å². The van der Waals surface area contributed by atoms with Crippen LogP contribution in [0.4, 0.5) is 0 Å². The van der Waals surface area contributed by atoms with Gasteiger partial charge < -0.3 is 19.5 Å². The van der Waals surface area contributed by atoms with Gasteiger partial charge in [0, 0.05) is 36.4 Å². The molecule has 3 heterocycles. The lowest BCUT2D eigenvalue weighted by molar-refractivity contribution is -0.139. The highest BCUT2D eigenvalue weighted by atomic mass is 16.5. The molecule has 3 aromatic carbocycles. The third kappa shape index (κ3) is 5.01. The number of nitrogens with one attached hydrogen (secondary N) is 1. The molecule has 1 aliphatic rings. The number of ether oxygens (including phenoxy) is 1. The van der Waals surface area contributed by atoms with E-state index < -0.39 is 0 Å². The fourth-order valence-electron chi connectivity index (χ4n) is 5.31. The molecule has 5 aromatic rings. The van der Waals surface area contributed by atoms with E-state index in [1.165, 1.54) is 0 Å². The number of nitrogens with zero attached hydrogens (tertiary/aromatic N) is 4. The molecule has 8 heteroatoms. The van der Waals surface area contributed by atoms with Gasteiger partial charge in [-0.3, -0.25) is 9.59 Å². The minimum Gasteiger partial charge on any atom is -0.496 e. The molecule has 0 spiro atoms. The Morgan fingerprint density at radius 3 is 2.62 bits per heavy atom. The van der Waals surface area contributed by atoms with Crippen molar-refractivity contribution in [2.24, 2.45) is 0 Å². The third-order valence-corrected chi connectivity index (χ3v) is 7.23. The molecule has 1 N–H and O–H groups in total. The van der Waals surface area contributed by atoms with E-state index in [4.69, 9.17) is 4.74 Å². The molecule has 0 aliphatic carbocycles. The van der Waals surface area contributed by atoms with E-state index in [9.17, 15) is 9.59 Å². The van der Waals surface area contributed by atoms with Crippen molar-refractivity contribution in [3.05, 3.63) is 114 Å². The Kier molecular flexibility index (Phi) is 6.59. The highest BCUT2D eigenvalue weighted by Gasteiger charge is 2.35. The number of amides is 2. The standard InChI is InChI=1S/C31H29N5O3/c1-39-29-13-6-12-27-26(29)18-28(33-27)31(38)34-20-25(16-22-8-3-2-4-9-22)35(30(37)21-34)19-23-10-5-11-24(17-23)36-15-7-14-32-36/h2-15,17-18,25,33H,16,19-21H2,1H3/t25-/m0/s1. The van der Waals surface area contributed by atoms with Gasteiger partial charge in [-0.25, -0.2) is 4.68 Å². The number of hydrogen-bond donors (Lipinski definition) is 1. The Hall–Kier alpha value is -4.85. The molecular formula is C31H29N5O3. The largest absolute Gasteiger partial charge is 0.496 e. The van der Waals surface area contributed by atoms with E-state index in [1.807, 2.05) is 71.8 Å². The van der Waals surface area contributed by atoms with Crippen molar-refractivity contribution in [2.45, 2.75) is 19.0 Å². The van der Waals surface area contributed by atoms with Crippen LogP contribution in [-0.4, -0.2) is 62.6 Å². The van der Waals surface area contributed by atoms with Crippen LogP contribution < -0.4 is 4.74 Å². The van der Waals surface area contributed by atoms with E-state index in [1.54, 1.807) is 29.0 Å².